The molecule has 18 heavy (non-hydrogen) atoms. The van der Waals surface area contributed by atoms with Gasteiger partial charge in [-0.3, -0.25) is 9.69 Å². The summed E-state index contributed by atoms with van der Waals surface area (Å²) in [5.41, 5.74) is 4.70. The molecule has 5 nitrogen and oxygen atoms in total. The van der Waals surface area contributed by atoms with E-state index in [1.807, 2.05) is 35.2 Å². The Morgan fingerprint density at radius 2 is 2.17 bits per heavy atom. The molecule has 98 valence electrons. The number of carbonyl (C=O) groups is 1. The molecule has 1 unspecified atom stereocenters. The maximum Gasteiger partial charge on any atom is 0.325 e. The fraction of sp³-hybridized carbons (Fsp3) is 0.462. The number of nitrogens with zero attached hydrogens (tertiary/aromatic N) is 1. The van der Waals surface area contributed by atoms with E-state index in [4.69, 9.17) is 15.6 Å². The van der Waals surface area contributed by atoms with Gasteiger partial charge in [-0.15, -0.1) is 0 Å². The van der Waals surface area contributed by atoms with Crippen LogP contribution in [0.4, 0.5) is 0 Å². The molecular formula is C13H18N2O3. The van der Waals surface area contributed by atoms with E-state index >= 15 is 0 Å². The van der Waals surface area contributed by atoms with Gasteiger partial charge in [0.05, 0.1) is 0 Å². The molecule has 1 aliphatic heterocycles. The van der Waals surface area contributed by atoms with Crippen molar-refractivity contribution in [3.05, 3.63) is 30.3 Å². The number of hydrogen-bond donors (Lipinski definition) is 2. The number of hydrogen-bond acceptors (Lipinski definition) is 4. The van der Waals surface area contributed by atoms with E-state index in [9.17, 15) is 4.79 Å². The van der Waals surface area contributed by atoms with Crippen LogP contribution in [0.5, 0.6) is 5.75 Å². The minimum atomic E-state index is -1.09. The summed E-state index contributed by atoms with van der Waals surface area (Å²) in [6, 6.07) is 9.56. The molecule has 0 saturated carbocycles. The summed E-state index contributed by atoms with van der Waals surface area (Å²) in [7, 11) is 0. The second-order valence-electron chi connectivity index (χ2n) is 4.65. The fourth-order valence-corrected chi connectivity index (χ4v) is 2.09. The quantitative estimate of drug-likeness (QED) is 0.798. The zero-order valence-electron chi connectivity index (χ0n) is 10.2. The van der Waals surface area contributed by atoms with Gasteiger partial charge in [0.2, 0.25) is 0 Å². The summed E-state index contributed by atoms with van der Waals surface area (Å²) >= 11 is 0. The number of nitrogens with two attached hydrogens (primary N) is 1. The average Bonchev–Trinajstić information content (AvgIpc) is 2.74. The van der Waals surface area contributed by atoms with Crippen LogP contribution in [0.25, 0.3) is 0 Å². The van der Waals surface area contributed by atoms with Gasteiger partial charge in [0.15, 0.2) is 0 Å². The first kappa shape index (κ1) is 12.9. The van der Waals surface area contributed by atoms with Gasteiger partial charge in [-0.25, -0.2) is 0 Å². The van der Waals surface area contributed by atoms with Crippen molar-refractivity contribution in [1.82, 2.24) is 4.90 Å². The highest BCUT2D eigenvalue weighted by molar-refractivity contribution is 5.79. The number of likely N-dealkylation sites (tertiary alicyclic amines) is 1. The Bertz CT molecular complexity index is 410. The van der Waals surface area contributed by atoms with Gasteiger partial charge in [0, 0.05) is 19.6 Å². The van der Waals surface area contributed by atoms with Crippen LogP contribution < -0.4 is 10.5 Å². The number of carboxylic acids is 1. The van der Waals surface area contributed by atoms with E-state index in [2.05, 4.69) is 0 Å². The normalized spacial score (nSPS) is 24.1. The molecule has 1 aromatic carbocycles. The van der Waals surface area contributed by atoms with Crippen molar-refractivity contribution in [3.63, 3.8) is 0 Å². The number of carboxylic acid groups (broad SMARTS) is 1. The van der Waals surface area contributed by atoms with Gasteiger partial charge in [-0.2, -0.15) is 0 Å². The Labute approximate surface area is 106 Å². The van der Waals surface area contributed by atoms with Crippen LogP contribution in [0.1, 0.15) is 6.42 Å². The van der Waals surface area contributed by atoms with Crippen molar-refractivity contribution < 1.29 is 14.6 Å². The van der Waals surface area contributed by atoms with Crippen molar-refractivity contribution in [2.24, 2.45) is 5.73 Å². The van der Waals surface area contributed by atoms with Gasteiger partial charge in [-0.1, -0.05) is 18.2 Å². The predicted molar refractivity (Wildman–Crippen MR) is 67.5 cm³/mol. The van der Waals surface area contributed by atoms with Crippen molar-refractivity contribution in [3.8, 4) is 5.75 Å². The molecule has 3 N–H and O–H groups in total. The van der Waals surface area contributed by atoms with Crippen molar-refractivity contribution >= 4 is 5.97 Å². The molecule has 0 aliphatic carbocycles. The Kier molecular flexibility index (Phi) is 3.84. The van der Waals surface area contributed by atoms with E-state index in [-0.39, 0.29) is 0 Å². The summed E-state index contributed by atoms with van der Waals surface area (Å²) in [4.78, 5) is 13.0. The second kappa shape index (κ2) is 5.37. The number of benzene rings is 1. The smallest absolute Gasteiger partial charge is 0.325 e. The molecule has 5 heteroatoms. The standard InChI is InChI=1S/C13H18N2O3/c14-13(12(16)17)6-7-15(10-13)8-9-18-11-4-2-1-3-5-11/h1-5H,6-10,14H2,(H,16,17). The highest BCUT2D eigenvalue weighted by Gasteiger charge is 2.40. The van der Waals surface area contributed by atoms with Crippen molar-refractivity contribution in [1.29, 1.82) is 0 Å². The Hall–Kier alpha value is -1.59. The molecule has 1 atom stereocenters. The molecule has 0 aromatic heterocycles. The Balaban J connectivity index is 1.74. The molecule has 1 saturated heterocycles. The first-order valence-electron chi connectivity index (χ1n) is 6.03. The summed E-state index contributed by atoms with van der Waals surface area (Å²) in [5.74, 6) is -0.0945. The monoisotopic (exact) mass is 250 g/mol. The third-order valence-electron chi connectivity index (χ3n) is 3.23. The van der Waals surface area contributed by atoms with Gasteiger partial charge in [0.1, 0.15) is 17.9 Å². The maximum atomic E-state index is 11.0. The highest BCUT2D eigenvalue weighted by atomic mass is 16.5. The van der Waals surface area contributed by atoms with Gasteiger partial charge in [-0.05, 0) is 18.6 Å². The molecule has 0 spiro atoms. The third-order valence-corrected chi connectivity index (χ3v) is 3.23. The molecule has 1 aliphatic rings. The molecule has 1 fully saturated rings. The molecular weight excluding hydrogens is 232 g/mol. The number of para-hydroxylation sites is 1. The van der Waals surface area contributed by atoms with Crippen molar-refractivity contribution in [2.75, 3.05) is 26.2 Å². The van der Waals surface area contributed by atoms with E-state index in [0.717, 1.165) is 5.75 Å². The van der Waals surface area contributed by atoms with Crippen LogP contribution in [0.2, 0.25) is 0 Å². The van der Waals surface area contributed by atoms with E-state index in [1.54, 1.807) is 0 Å². The van der Waals surface area contributed by atoms with Crippen LogP contribution in [0.15, 0.2) is 30.3 Å². The third kappa shape index (κ3) is 3.00. The maximum absolute atomic E-state index is 11.0. The largest absolute Gasteiger partial charge is 0.492 e. The van der Waals surface area contributed by atoms with Crippen LogP contribution >= 0.6 is 0 Å². The second-order valence-corrected chi connectivity index (χ2v) is 4.65. The highest BCUT2D eigenvalue weighted by Crippen LogP contribution is 2.18. The number of ether oxygens (including phenoxy) is 1. The lowest BCUT2D eigenvalue weighted by atomic mass is 10.0. The molecule has 0 radical (unpaired) electrons. The predicted octanol–water partition coefficient (Wildman–Crippen LogP) is 0.553. The first-order chi connectivity index (χ1) is 8.60. The lowest BCUT2D eigenvalue weighted by Crippen LogP contribution is -2.50. The summed E-state index contributed by atoms with van der Waals surface area (Å²) in [5, 5.41) is 9.01. The van der Waals surface area contributed by atoms with E-state index in [1.165, 1.54) is 0 Å². The van der Waals surface area contributed by atoms with Gasteiger partial charge in [0.25, 0.3) is 0 Å². The molecule has 0 bridgehead atoms. The Morgan fingerprint density at radius 1 is 1.44 bits per heavy atom. The molecule has 1 heterocycles. The van der Waals surface area contributed by atoms with Crippen LogP contribution in [0, 0.1) is 0 Å². The van der Waals surface area contributed by atoms with Gasteiger partial charge < -0.3 is 15.6 Å². The SMILES string of the molecule is NC1(C(=O)O)CCN(CCOc2ccccc2)C1. The summed E-state index contributed by atoms with van der Waals surface area (Å²) in [6.07, 6.45) is 0.494. The van der Waals surface area contributed by atoms with Crippen LogP contribution in [-0.4, -0.2) is 47.8 Å². The van der Waals surface area contributed by atoms with E-state index < -0.39 is 11.5 Å². The zero-order valence-corrected chi connectivity index (χ0v) is 10.2. The first-order valence-corrected chi connectivity index (χ1v) is 6.03. The topological polar surface area (TPSA) is 75.8 Å². The fourth-order valence-electron chi connectivity index (χ4n) is 2.09. The van der Waals surface area contributed by atoms with Crippen LogP contribution in [0.3, 0.4) is 0 Å². The Morgan fingerprint density at radius 3 is 2.78 bits per heavy atom. The number of rotatable bonds is 5. The average molecular weight is 250 g/mol. The van der Waals surface area contributed by atoms with Crippen LogP contribution in [-0.2, 0) is 4.79 Å². The minimum absolute atomic E-state index is 0.389. The number of aliphatic carboxylic acids is 1. The molecule has 2 rings (SSSR count). The van der Waals surface area contributed by atoms with E-state index in [0.29, 0.717) is 32.7 Å². The van der Waals surface area contributed by atoms with Crippen molar-refractivity contribution in [2.45, 2.75) is 12.0 Å². The minimum Gasteiger partial charge on any atom is -0.492 e. The zero-order chi connectivity index (χ0) is 13.0. The summed E-state index contributed by atoms with van der Waals surface area (Å²) in [6.45, 7) is 2.34. The lowest BCUT2D eigenvalue weighted by molar-refractivity contribution is -0.142. The molecule has 1 aromatic rings. The molecule has 0 amide bonds. The lowest BCUT2D eigenvalue weighted by Gasteiger charge is -2.20. The summed E-state index contributed by atoms with van der Waals surface area (Å²) < 4.78 is 5.57. The van der Waals surface area contributed by atoms with Gasteiger partial charge >= 0.3 is 5.97 Å².